The average molecular weight is 489 g/mol. The lowest BCUT2D eigenvalue weighted by Crippen LogP contribution is -2.34. The van der Waals surface area contributed by atoms with E-state index >= 15 is 0 Å². The van der Waals surface area contributed by atoms with Gasteiger partial charge in [-0.2, -0.15) is 0 Å². The molecule has 2 aromatic heterocycles. The third-order valence-corrected chi connectivity index (χ3v) is 10.7. The number of aromatic nitrogens is 1. The number of carbonyl (C=O) groups excluding carboxylic acids is 1. The van der Waals surface area contributed by atoms with Crippen molar-refractivity contribution in [2.45, 2.75) is 42.0 Å². The number of fused-ring (bicyclic) bond motifs is 7. The Hall–Kier alpha value is -2.77. The van der Waals surface area contributed by atoms with Gasteiger partial charge < -0.3 is 9.73 Å². The smallest absolute Gasteiger partial charge is 0.308 e. The molecule has 0 radical (unpaired) electrons. The van der Waals surface area contributed by atoms with Crippen molar-refractivity contribution < 1.29 is 9.21 Å². The topological polar surface area (TPSA) is 64.2 Å². The summed E-state index contributed by atoms with van der Waals surface area (Å²) in [5, 5.41) is 6.58. The van der Waals surface area contributed by atoms with Crippen molar-refractivity contribution in [2.75, 3.05) is 5.32 Å². The molecule has 0 saturated heterocycles. The van der Waals surface area contributed by atoms with Crippen LogP contribution in [0.15, 0.2) is 75.1 Å². The van der Waals surface area contributed by atoms with Crippen molar-refractivity contribution >= 4 is 45.5 Å². The van der Waals surface area contributed by atoms with Gasteiger partial charge in [-0.1, -0.05) is 47.7 Å². The van der Waals surface area contributed by atoms with Gasteiger partial charge in [0.2, 0.25) is 5.91 Å². The van der Waals surface area contributed by atoms with Crippen molar-refractivity contribution in [2.24, 2.45) is 17.8 Å². The first-order valence-electron chi connectivity index (χ1n) is 11.9. The van der Waals surface area contributed by atoms with Crippen LogP contribution < -0.4 is 10.2 Å². The van der Waals surface area contributed by atoms with Crippen LogP contribution in [0.25, 0.3) is 10.8 Å². The maximum Gasteiger partial charge on any atom is 0.308 e. The number of thioether (sulfide) groups is 1. The van der Waals surface area contributed by atoms with Crippen LogP contribution in [-0.2, 0) is 11.3 Å². The highest BCUT2D eigenvalue weighted by atomic mass is 32.2. The van der Waals surface area contributed by atoms with Gasteiger partial charge in [-0.05, 0) is 60.6 Å². The minimum absolute atomic E-state index is 0.0250. The SMILES string of the molecule is O=C(Cn1c2c(sc1=O)[C@@H](c1ccco1)[C@@H]1[C@H]3CC[C@@H](C3)[C@H]1S2)Nc1cccc2ccccc12. The lowest BCUT2D eigenvalue weighted by atomic mass is 9.77. The molecule has 2 fully saturated rings. The molecule has 2 aromatic carbocycles. The largest absolute Gasteiger partial charge is 0.469 e. The second-order valence-corrected chi connectivity index (χ2v) is 11.8. The molecule has 5 nitrogen and oxygen atoms in total. The second kappa shape index (κ2) is 7.89. The summed E-state index contributed by atoms with van der Waals surface area (Å²) in [5.74, 6) is 2.80. The summed E-state index contributed by atoms with van der Waals surface area (Å²) in [5.41, 5.74) is 0.773. The summed E-state index contributed by atoms with van der Waals surface area (Å²) in [6.07, 6.45) is 5.56. The van der Waals surface area contributed by atoms with E-state index in [1.807, 2.05) is 60.3 Å². The molecule has 1 amide bonds. The Morgan fingerprint density at radius 2 is 1.91 bits per heavy atom. The number of rotatable bonds is 4. The fourth-order valence-corrected chi connectivity index (χ4v) is 9.67. The van der Waals surface area contributed by atoms with Crippen molar-refractivity contribution in [3.8, 4) is 0 Å². The molecule has 2 saturated carbocycles. The third kappa shape index (κ3) is 3.13. The first-order valence-corrected chi connectivity index (χ1v) is 13.6. The summed E-state index contributed by atoms with van der Waals surface area (Å²) in [7, 11) is 0. The van der Waals surface area contributed by atoms with Crippen LogP contribution in [0.3, 0.4) is 0 Å². The van der Waals surface area contributed by atoms with E-state index < -0.39 is 0 Å². The van der Waals surface area contributed by atoms with Gasteiger partial charge in [-0.3, -0.25) is 14.2 Å². The Labute approximate surface area is 205 Å². The summed E-state index contributed by atoms with van der Waals surface area (Å²) in [6.45, 7) is 0.0250. The molecular weight excluding hydrogens is 464 g/mol. The number of amides is 1. The molecule has 1 aliphatic heterocycles. The minimum Gasteiger partial charge on any atom is -0.469 e. The van der Waals surface area contributed by atoms with E-state index in [1.165, 1.54) is 30.6 Å². The summed E-state index contributed by atoms with van der Waals surface area (Å²) in [4.78, 5) is 27.3. The monoisotopic (exact) mass is 488 g/mol. The Balaban J connectivity index is 1.24. The molecule has 2 bridgehead atoms. The lowest BCUT2D eigenvalue weighted by molar-refractivity contribution is -0.116. The molecule has 7 heteroatoms. The van der Waals surface area contributed by atoms with Crippen LogP contribution in [-0.4, -0.2) is 15.7 Å². The van der Waals surface area contributed by atoms with Gasteiger partial charge in [0.1, 0.15) is 12.3 Å². The molecule has 34 heavy (non-hydrogen) atoms. The first-order chi connectivity index (χ1) is 16.7. The van der Waals surface area contributed by atoms with Crippen molar-refractivity contribution in [3.63, 3.8) is 0 Å². The number of anilines is 1. The number of benzene rings is 2. The van der Waals surface area contributed by atoms with Crippen molar-refractivity contribution in [1.29, 1.82) is 0 Å². The van der Waals surface area contributed by atoms with E-state index in [2.05, 4.69) is 11.4 Å². The van der Waals surface area contributed by atoms with Crippen LogP contribution in [0.2, 0.25) is 0 Å². The van der Waals surface area contributed by atoms with Gasteiger partial charge >= 0.3 is 4.87 Å². The molecule has 5 atom stereocenters. The van der Waals surface area contributed by atoms with Gasteiger partial charge in [-0.15, -0.1) is 11.8 Å². The van der Waals surface area contributed by atoms with Gasteiger partial charge in [-0.25, -0.2) is 0 Å². The normalized spacial score (nSPS) is 27.0. The highest BCUT2D eigenvalue weighted by Crippen LogP contribution is 2.64. The van der Waals surface area contributed by atoms with Crippen LogP contribution in [0.5, 0.6) is 0 Å². The number of hydrogen-bond donors (Lipinski definition) is 1. The molecule has 0 spiro atoms. The quantitative estimate of drug-likeness (QED) is 0.386. The maximum absolute atomic E-state index is 13.2. The first kappa shape index (κ1) is 20.6. The second-order valence-electron chi connectivity index (χ2n) is 9.68. The number of carbonyl (C=O) groups is 1. The predicted octanol–water partition coefficient (Wildman–Crippen LogP) is 5.95. The average Bonchev–Trinajstić information content (AvgIpc) is 3.64. The van der Waals surface area contributed by atoms with Crippen LogP contribution in [0.4, 0.5) is 5.69 Å². The molecular formula is C27H24N2O3S2. The molecule has 3 aliphatic rings. The third-order valence-electron chi connectivity index (χ3n) is 7.91. The van der Waals surface area contributed by atoms with Gasteiger partial charge in [0, 0.05) is 16.3 Å². The molecule has 7 rings (SSSR count). The van der Waals surface area contributed by atoms with Gasteiger partial charge in [0.05, 0.1) is 22.1 Å². The molecule has 1 N–H and O–H groups in total. The highest BCUT2D eigenvalue weighted by Gasteiger charge is 2.55. The number of furan rings is 1. The number of nitrogens with one attached hydrogen (secondary N) is 1. The van der Waals surface area contributed by atoms with E-state index in [-0.39, 0.29) is 23.2 Å². The van der Waals surface area contributed by atoms with E-state index in [1.54, 1.807) is 10.8 Å². The van der Waals surface area contributed by atoms with Gasteiger partial charge in [0.25, 0.3) is 0 Å². The predicted molar refractivity (Wildman–Crippen MR) is 136 cm³/mol. The van der Waals surface area contributed by atoms with E-state index in [0.29, 0.717) is 23.0 Å². The highest BCUT2D eigenvalue weighted by molar-refractivity contribution is 8.00. The summed E-state index contributed by atoms with van der Waals surface area (Å²) < 4.78 is 7.60. The molecule has 4 aromatic rings. The maximum atomic E-state index is 13.2. The Kier molecular flexibility index (Phi) is 4.78. The van der Waals surface area contributed by atoms with E-state index in [9.17, 15) is 9.59 Å². The zero-order valence-electron chi connectivity index (χ0n) is 18.5. The zero-order chi connectivity index (χ0) is 22.8. The minimum atomic E-state index is -0.177. The Morgan fingerprint density at radius 1 is 1.06 bits per heavy atom. The summed E-state index contributed by atoms with van der Waals surface area (Å²) in [6, 6.07) is 17.9. The van der Waals surface area contributed by atoms with Crippen LogP contribution >= 0.6 is 23.1 Å². The van der Waals surface area contributed by atoms with Crippen molar-refractivity contribution in [1.82, 2.24) is 4.57 Å². The zero-order valence-corrected chi connectivity index (χ0v) is 20.1. The standard InChI is InChI=1S/C27H24N2O3S2/c30-21(28-19-8-3-6-15-5-1-2-7-18(15)19)14-29-26-25(34-27(29)31)23(20-9-4-12-32-20)22-16-10-11-17(13-16)24(22)33-26/h1-9,12,16-17,22-24H,10-11,13-14H2,(H,28,30)/t16-,17-,22-,23-,24+/m0/s1. The molecule has 2 aliphatic carbocycles. The number of hydrogen-bond acceptors (Lipinski definition) is 5. The number of nitrogens with zero attached hydrogens (tertiary/aromatic N) is 1. The van der Waals surface area contributed by atoms with E-state index in [4.69, 9.17) is 4.42 Å². The Bertz CT molecular complexity index is 1450. The van der Waals surface area contributed by atoms with Crippen LogP contribution in [0, 0.1) is 17.8 Å². The number of thiazole rings is 1. The molecule has 172 valence electrons. The lowest BCUT2D eigenvalue weighted by Gasteiger charge is -2.39. The molecule has 0 unspecified atom stereocenters. The summed E-state index contributed by atoms with van der Waals surface area (Å²) >= 11 is 3.14. The fourth-order valence-electron chi connectivity index (χ4n) is 6.54. The van der Waals surface area contributed by atoms with E-state index in [0.717, 1.165) is 32.1 Å². The molecule has 3 heterocycles. The van der Waals surface area contributed by atoms with Crippen LogP contribution in [0.1, 0.15) is 35.8 Å². The fraction of sp³-hybridized carbons (Fsp3) is 0.333. The van der Waals surface area contributed by atoms with Gasteiger partial charge in [0.15, 0.2) is 0 Å². The Morgan fingerprint density at radius 3 is 2.79 bits per heavy atom. The van der Waals surface area contributed by atoms with Crippen molar-refractivity contribution in [3.05, 3.63) is 81.2 Å².